The Morgan fingerprint density at radius 2 is 2.00 bits per heavy atom. The molecule has 0 saturated carbocycles. The Morgan fingerprint density at radius 3 is 2.72 bits per heavy atom. The second kappa shape index (κ2) is 4.27. The van der Waals surface area contributed by atoms with E-state index in [1.165, 1.54) is 0 Å². The molecule has 3 aromatic rings. The molecule has 1 N–H and O–H groups in total. The lowest BCUT2D eigenvalue weighted by Crippen LogP contribution is -1.93. The second-order valence-electron chi connectivity index (χ2n) is 4.28. The second-order valence-corrected chi connectivity index (χ2v) is 4.28. The van der Waals surface area contributed by atoms with Crippen LogP contribution in [0.25, 0.3) is 16.9 Å². The number of hydrogen-bond donors (Lipinski definition) is 1. The molecule has 3 nitrogen and oxygen atoms in total. The Bertz CT molecular complexity index is 686. The van der Waals surface area contributed by atoms with Crippen molar-refractivity contribution in [3.8, 4) is 11.4 Å². The Kier molecular flexibility index (Phi) is 2.61. The minimum atomic E-state index is 0.0272. The molecule has 0 atom stereocenters. The van der Waals surface area contributed by atoms with Gasteiger partial charge in [0.25, 0.3) is 0 Å². The van der Waals surface area contributed by atoms with Crippen molar-refractivity contribution in [2.45, 2.75) is 13.5 Å². The maximum atomic E-state index is 9.62. The summed E-state index contributed by atoms with van der Waals surface area (Å²) in [6.07, 6.45) is 3.78. The minimum Gasteiger partial charge on any atom is -0.392 e. The van der Waals surface area contributed by atoms with Gasteiger partial charge in [0.1, 0.15) is 0 Å². The fraction of sp³-hybridized carbons (Fsp3) is 0.133. The molecular formula is C15H14N2O. The molecule has 0 aliphatic rings. The fourth-order valence-corrected chi connectivity index (χ4v) is 2.40. The zero-order valence-corrected chi connectivity index (χ0v) is 10.2. The van der Waals surface area contributed by atoms with Crippen molar-refractivity contribution < 1.29 is 5.11 Å². The van der Waals surface area contributed by atoms with Crippen LogP contribution in [0.5, 0.6) is 0 Å². The quantitative estimate of drug-likeness (QED) is 0.745. The molecule has 0 aliphatic heterocycles. The van der Waals surface area contributed by atoms with Crippen LogP contribution in [-0.2, 0) is 6.61 Å². The lowest BCUT2D eigenvalue weighted by Gasteiger charge is -2.04. The number of aromatic nitrogens is 2. The van der Waals surface area contributed by atoms with E-state index >= 15 is 0 Å². The first kappa shape index (κ1) is 11.0. The molecule has 0 amide bonds. The van der Waals surface area contributed by atoms with Crippen molar-refractivity contribution in [3.05, 3.63) is 59.9 Å². The zero-order chi connectivity index (χ0) is 12.5. The molecule has 3 rings (SSSR count). The molecule has 0 radical (unpaired) electrons. The van der Waals surface area contributed by atoms with Gasteiger partial charge in [-0.1, -0.05) is 12.1 Å². The van der Waals surface area contributed by atoms with E-state index in [-0.39, 0.29) is 6.61 Å². The van der Waals surface area contributed by atoms with Crippen LogP contribution in [0, 0.1) is 6.92 Å². The molecule has 90 valence electrons. The standard InChI is InChI=1S/C15H14N2O/c1-11-12(10-18)15(13-6-2-4-8-16-13)17-9-5-3-7-14(11)17/h2-9,18H,10H2,1H3. The average Bonchev–Trinajstić information content (AvgIpc) is 2.73. The van der Waals surface area contributed by atoms with E-state index in [1.807, 2.05) is 43.5 Å². The molecule has 0 aromatic carbocycles. The average molecular weight is 238 g/mol. The highest BCUT2D eigenvalue weighted by molar-refractivity contribution is 5.73. The van der Waals surface area contributed by atoms with Gasteiger partial charge in [0.05, 0.1) is 18.0 Å². The summed E-state index contributed by atoms with van der Waals surface area (Å²) >= 11 is 0. The topological polar surface area (TPSA) is 37.5 Å². The molecular weight excluding hydrogens is 224 g/mol. The van der Waals surface area contributed by atoms with E-state index in [1.54, 1.807) is 6.20 Å². The number of aryl methyl sites for hydroxylation is 1. The summed E-state index contributed by atoms with van der Waals surface area (Å²) in [5, 5.41) is 9.62. The van der Waals surface area contributed by atoms with E-state index in [0.29, 0.717) is 0 Å². The summed E-state index contributed by atoms with van der Waals surface area (Å²) in [5.41, 5.74) is 5.03. The SMILES string of the molecule is Cc1c(CO)c(-c2ccccn2)n2ccccc12. The number of hydrogen-bond acceptors (Lipinski definition) is 2. The Hall–Kier alpha value is -2.13. The Morgan fingerprint density at radius 1 is 1.17 bits per heavy atom. The first-order valence-corrected chi connectivity index (χ1v) is 5.93. The first-order chi connectivity index (χ1) is 8.83. The van der Waals surface area contributed by atoms with Crippen LogP contribution in [0.2, 0.25) is 0 Å². The van der Waals surface area contributed by atoms with Crippen molar-refractivity contribution >= 4 is 5.52 Å². The maximum absolute atomic E-state index is 9.62. The molecule has 3 heterocycles. The number of nitrogens with zero attached hydrogens (tertiary/aromatic N) is 2. The van der Waals surface area contributed by atoms with E-state index in [9.17, 15) is 5.11 Å². The van der Waals surface area contributed by atoms with Crippen molar-refractivity contribution in [2.24, 2.45) is 0 Å². The van der Waals surface area contributed by atoms with Crippen molar-refractivity contribution in [1.82, 2.24) is 9.38 Å². The van der Waals surface area contributed by atoms with Gasteiger partial charge in [-0.2, -0.15) is 0 Å². The first-order valence-electron chi connectivity index (χ1n) is 5.93. The summed E-state index contributed by atoms with van der Waals surface area (Å²) in [7, 11) is 0. The Labute approximate surface area is 105 Å². The Balaban J connectivity index is 2.41. The van der Waals surface area contributed by atoms with Gasteiger partial charge in [-0.15, -0.1) is 0 Å². The van der Waals surface area contributed by atoms with E-state index < -0.39 is 0 Å². The summed E-state index contributed by atoms with van der Waals surface area (Å²) in [6, 6.07) is 11.9. The van der Waals surface area contributed by atoms with Gasteiger partial charge in [0.15, 0.2) is 0 Å². The van der Waals surface area contributed by atoms with Crippen LogP contribution in [0.15, 0.2) is 48.8 Å². The van der Waals surface area contributed by atoms with Gasteiger partial charge in [-0.25, -0.2) is 0 Å². The van der Waals surface area contributed by atoms with Crippen LogP contribution in [-0.4, -0.2) is 14.5 Å². The van der Waals surface area contributed by atoms with Gasteiger partial charge in [0.2, 0.25) is 0 Å². The maximum Gasteiger partial charge on any atom is 0.0873 e. The van der Waals surface area contributed by atoms with Crippen LogP contribution in [0.1, 0.15) is 11.1 Å². The number of fused-ring (bicyclic) bond motifs is 1. The van der Waals surface area contributed by atoms with Gasteiger partial charge >= 0.3 is 0 Å². The lowest BCUT2D eigenvalue weighted by molar-refractivity contribution is 0.282. The highest BCUT2D eigenvalue weighted by Gasteiger charge is 2.16. The molecule has 3 aromatic heterocycles. The molecule has 18 heavy (non-hydrogen) atoms. The van der Waals surface area contributed by atoms with Crippen molar-refractivity contribution in [2.75, 3.05) is 0 Å². The molecule has 0 saturated heterocycles. The molecule has 0 unspecified atom stereocenters. The monoisotopic (exact) mass is 238 g/mol. The normalized spacial score (nSPS) is 11.0. The van der Waals surface area contributed by atoms with E-state index in [0.717, 1.165) is 28.0 Å². The van der Waals surface area contributed by atoms with Crippen LogP contribution >= 0.6 is 0 Å². The third kappa shape index (κ3) is 1.52. The third-order valence-corrected chi connectivity index (χ3v) is 3.29. The summed E-state index contributed by atoms with van der Waals surface area (Å²) in [5.74, 6) is 0. The zero-order valence-electron chi connectivity index (χ0n) is 10.2. The highest BCUT2D eigenvalue weighted by atomic mass is 16.3. The minimum absolute atomic E-state index is 0.0272. The fourth-order valence-electron chi connectivity index (χ4n) is 2.40. The molecule has 0 spiro atoms. The van der Waals surface area contributed by atoms with Gasteiger partial charge in [-0.05, 0) is 36.8 Å². The van der Waals surface area contributed by atoms with Crippen molar-refractivity contribution in [1.29, 1.82) is 0 Å². The van der Waals surface area contributed by atoms with E-state index in [4.69, 9.17) is 0 Å². The summed E-state index contributed by atoms with van der Waals surface area (Å²) in [4.78, 5) is 4.39. The molecule has 0 aliphatic carbocycles. The van der Waals surface area contributed by atoms with E-state index in [2.05, 4.69) is 15.5 Å². The van der Waals surface area contributed by atoms with Crippen LogP contribution in [0.3, 0.4) is 0 Å². The van der Waals surface area contributed by atoms with Gasteiger partial charge in [-0.3, -0.25) is 4.98 Å². The smallest absolute Gasteiger partial charge is 0.0873 e. The molecule has 3 heteroatoms. The van der Waals surface area contributed by atoms with Crippen LogP contribution < -0.4 is 0 Å². The lowest BCUT2D eigenvalue weighted by atomic mass is 10.1. The highest BCUT2D eigenvalue weighted by Crippen LogP contribution is 2.30. The number of rotatable bonds is 2. The van der Waals surface area contributed by atoms with Gasteiger partial charge < -0.3 is 9.51 Å². The predicted octanol–water partition coefficient (Wildman–Crippen LogP) is 2.80. The molecule has 0 bridgehead atoms. The third-order valence-electron chi connectivity index (χ3n) is 3.29. The summed E-state index contributed by atoms with van der Waals surface area (Å²) in [6.45, 7) is 2.06. The van der Waals surface area contributed by atoms with Crippen molar-refractivity contribution in [3.63, 3.8) is 0 Å². The number of aliphatic hydroxyl groups is 1. The number of pyridine rings is 2. The largest absolute Gasteiger partial charge is 0.392 e. The predicted molar refractivity (Wildman–Crippen MR) is 71.3 cm³/mol. The van der Waals surface area contributed by atoms with Crippen LogP contribution in [0.4, 0.5) is 0 Å². The molecule has 0 fully saturated rings. The van der Waals surface area contributed by atoms with Gasteiger partial charge in [0, 0.05) is 23.5 Å². The summed E-state index contributed by atoms with van der Waals surface area (Å²) < 4.78 is 2.09. The number of aliphatic hydroxyl groups excluding tert-OH is 1.